The minimum absolute atomic E-state index is 0.222. The average Bonchev–Trinajstić information content (AvgIpc) is 3.37. The molecule has 1 aromatic carbocycles. The Labute approximate surface area is 150 Å². The van der Waals surface area contributed by atoms with E-state index in [0.29, 0.717) is 18.3 Å². The fourth-order valence-electron chi connectivity index (χ4n) is 3.30. The summed E-state index contributed by atoms with van der Waals surface area (Å²) in [7, 11) is 0. The van der Waals surface area contributed by atoms with Gasteiger partial charge in [0.15, 0.2) is 11.5 Å². The van der Waals surface area contributed by atoms with Crippen molar-refractivity contribution in [1.82, 2.24) is 24.6 Å². The molecule has 0 amide bonds. The second-order valence-electron chi connectivity index (χ2n) is 6.38. The second-order valence-corrected chi connectivity index (χ2v) is 6.38. The number of rotatable bonds is 4. The summed E-state index contributed by atoms with van der Waals surface area (Å²) < 4.78 is 7.48. The lowest BCUT2D eigenvalue weighted by molar-refractivity contribution is 0.120. The van der Waals surface area contributed by atoms with Crippen molar-refractivity contribution in [3.8, 4) is 11.4 Å². The zero-order chi connectivity index (χ0) is 17.3. The Balaban J connectivity index is 1.63. The molecule has 7 nitrogen and oxygen atoms in total. The number of nitrogens with zero attached hydrogens (tertiary/aromatic N) is 5. The highest BCUT2D eigenvalue weighted by atomic mass is 16.5. The van der Waals surface area contributed by atoms with Crippen molar-refractivity contribution < 1.29 is 4.74 Å². The van der Waals surface area contributed by atoms with Crippen LogP contribution >= 0.6 is 0 Å². The van der Waals surface area contributed by atoms with Crippen LogP contribution in [0.4, 0.5) is 5.95 Å². The minimum Gasteiger partial charge on any atom is -0.376 e. The number of hydrogen-bond donors (Lipinski definition) is 1. The molecular formula is C19H18N6O. The van der Waals surface area contributed by atoms with E-state index in [0.717, 1.165) is 41.6 Å². The molecule has 0 aliphatic carbocycles. The predicted octanol–water partition coefficient (Wildman–Crippen LogP) is 2.93. The number of nitrogens with one attached hydrogen (secondary N) is 1. The molecule has 3 aromatic heterocycles. The molecule has 1 fully saturated rings. The third kappa shape index (κ3) is 2.66. The number of hydrogen-bond acceptors (Lipinski definition) is 6. The van der Waals surface area contributed by atoms with Gasteiger partial charge < -0.3 is 10.1 Å². The Hall–Kier alpha value is -3.06. The van der Waals surface area contributed by atoms with E-state index in [-0.39, 0.29) is 6.10 Å². The van der Waals surface area contributed by atoms with Gasteiger partial charge in [-0.2, -0.15) is 4.52 Å². The quantitative estimate of drug-likeness (QED) is 0.612. The van der Waals surface area contributed by atoms with Gasteiger partial charge in [-0.1, -0.05) is 12.1 Å². The Morgan fingerprint density at radius 1 is 1.15 bits per heavy atom. The number of aromatic nitrogens is 5. The molecule has 5 rings (SSSR count). The molecule has 1 unspecified atom stereocenters. The van der Waals surface area contributed by atoms with Gasteiger partial charge in [0.25, 0.3) is 0 Å². The lowest BCUT2D eigenvalue weighted by Gasteiger charge is -2.12. The Morgan fingerprint density at radius 2 is 2.12 bits per heavy atom. The van der Waals surface area contributed by atoms with Crippen LogP contribution in [0.3, 0.4) is 0 Å². The maximum absolute atomic E-state index is 5.70. The van der Waals surface area contributed by atoms with E-state index in [1.165, 1.54) is 0 Å². The van der Waals surface area contributed by atoms with Crippen LogP contribution in [0.25, 0.3) is 27.9 Å². The maximum Gasteiger partial charge on any atom is 0.226 e. The van der Waals surface area contributed by atoms with Gasteiger partial charge in [0, 0.05) is 36.5 Å². The lowest BCUT2D eigenvalue weighted by Crippen LogP contribution is -2.20. The number of benzene rings is 1. The Morgan fingerprint density at radius 3 is 2.96 bits per heavy atom. The largest absolute Gasteiger partial charge is 0.376 e. The van der Waals surface area contributed by atoms with Gasteiger partial charge >= 0.3 is 0 Å². The fraction of sp³-hybridized carbons (Fsp3) is 0.263. The molecule has 1 atom stereocenters. The van der Waals surface area contributed by atoms with E-state index in [1.807, 2.05) is 36.4 Å². The van der Waals surface area contributed by atoms with Gasteiger partial charge in [-0.25, -0.2) is 9.97 Å². The Kier molecular flexibility index (Phi) is 3.71. The van der Waals surface area contributed by atoms with Crippen LogP contribution in [-0.2, 0) is 4.74 Å². The molecule has 1 N–H and O–H groups in total. The van der Waals surface area contributed by atoms with Crippen LogP contribution in [0.2, 0.25) is 0 Å². The molecule has 0 radical (unpaired) electrons. The van der Waals surface area contributed by atoms with Crippen LogP contribution < -0.4 is 5.32 Å². The SMILES string of the molecule is c1cncc(-c2nc3c4ccccc4nc(NCC4CCCO4)n3n2)c1. The number of anilines is 1. The van der Waals surface area contributed by atoms with E-state index >= 15 is 0 Å². The first-order chi connectivity index (χ1) is 12.9. The smallest absolute Gasteiger partial charge is 0.226 e. The van der Waals surface area contributed by atoms with Crippen molar-refractivity contribution in [1.29, 1.82) is 0 Å². The molecule has 1 aliphatic heterocycles. The van der Waals surface area contributed by atoms with Gasteiger partial charge in [-0.05, 0) is 37.1 Å². The lowest BCUT2D eigenvalue weighted by atomic mass is 10.2. The number of pyridine rings is 1. The molecule has 0 bridgehead atoms. The van der Waals surface area contributed by atoms with Gasteiger partial charge in [0.05, 0.1) is 11.6 Å². The molecule has 4 aromatic rings. The van der Waals surface area contributed by atoms with Crippen molar-refractivity contribution >= 4 is 22.5 Å². The highest BCUT2D eigenvalue weighted by Crippen LogP contribution is 2.24. The van der Waals surface area contributed by atoms with Crippen LogP contribution in [0.1, 0.15) is 12.8 Å². The van der Waals surface area contributed by atoms with E-state index in [9.17, 15) is 0 Å². The van der Waals surface area contributed by atoms with Crippen molar-refractivity contribution in [2.45, 2.75) is 18.9 Å². The fourth-order valence-corrected chi connectivity index (χ4v) is 3.30. The van der Waals surface area contributed by atoms with E-state index in [1.54, 1.807) is 16.9 Å². The first-order valence-electron chi connectivity index (χ1n) is 8.80. The third-order valence-electron chi connectivity index (χ3n) is 4.61. The number of fused-ring (bicyclic) bond motifs is 3. The van der Waals surface area contributed by atoms with Crippen LogP contribution in [0.15, 0.2) is 48.8 Å². The van der Waals surface area contributed by atoms with E-state index in [4.69, 9.17) is 14.7 Å². The monoisotopic (exact) mass is 346 g/mol. The zero-order valence-corrected chi connectivity index (χ0v) is 14.2. The number of para-hydroxylation sites is 1. The first kappa shape index (κ1) is 15.2. The predicted molar refractivity (Wildman–Crippen MR) is 99.0 cm³/mol. The maximum atomic E-state index is 5.70. The summed E-state index contributed by atoms with van der Waals surface area (Å²) >= 11 is 0. The minimum atomic E-state index is 0.222. The summed E-state index contributed by atoms with van der Waals surface area (Å²) in [5.74, 6) is 1.31. The van der Waals surface area contributed by atoms with Crippen molar-refractivity contribution in [2.75, 3.05) is 18.5 Å². The van der Waals surface area contributed by atoms with E-state index in [2.05, 4.69) is 15.4 Å². The summed E-state index contributed by atoms with van der Waals surface area (Å²) in [4.78, 5) is 13.7. The summed E-state index contributed by atoms with van der Waals surface area (Å²) in [5.41, 5.74) is 2.55. The standard InChI is InChI=1S/C19H18N6O/c1-2-8-16-15(7-1)18-23-17(13-5-3-9-20-11-13)24-25(18)19(22-16)21-12-14-6-4-10-26-14/h1-3,5,7-9,11,14H,4,6,10,12H2,(H,21,22). The average molecular weight is 346 g/mol. The van der Waals surface area contributed by atoms with Gasteiger partial charge in [0.2, 0.25) is 5.95 Å². The van der Waals surface area contributed by atoms with Crippen LogP contribution in [0, 0.1) is 0 Å². The molecular weight excluding hydrogens is 328 g/mol. The molecule has 130 valence electrons. The third-order valence-corrected chi connectivity index (χ3v) is 4.61. The number of ether oxygens (including phenoxy) is 1. The summed E-state index contributed by atoms with van der Waals surface area (Å²) in [6, 6.07) is 11.8. The van der Waals surface area contributed by atoms with E-state index < -0.39 is 0 Å². The topological polar surface area (TPSA) is 77.2 Å². The summed E-state index contributed by atoms with van der Waals surface area (Å²) in [6.45, 7) is 1.55. The normalized spacial score (nSPS) is 17.2. The Bertz CT molecular complexity index is 1060. The molecule has 0 saturated carbocycles. The van der Waals surface area contributed by atoms with Crippen LogP contribution in [-0.4, -0.2) is 43.8 Å². The molecule has 1 saturated heterocycles. The van der Waals surface area contributed by atoms with Crippen molar-refractivity contribution in [2.24, 2.45) is 0 Å². The summed E-state index contributed by atoms with van der Waals surface area (Å²) in [6.07, 6.45) is 5.91. The van der Waals surface area contributed by atoms with Crippen molar-refractivity contribution in [3.63, 3.8) is 0 Å². The molecule has 7 heteroatoms. The molecule has 0 spiro atoms. The highest BCUT2D eigenvalue weighted by molar-refractivity contribution is 5.92. The molecule has 1 aliphatic rings. The first-order valence-corrected chi connectivity index (χ1v) is 8.80. The molecule has 4 heterocycles. The highest BCUT2D eigenvalue weighted by Gasteiger charge is 2.18. The van der Waals surface area contributed by atoms with Gasteiger partial charge in [-0.15, -0.1) is 5.10 Å². The van der Waals surface area contributed by atoms with Gasteiger partial charge in [-0.3, -0.25) is 4.98 Å². The second kappa shape index (κ2) is 6.34. The zero-order valence-electron chi connectivity index (χ0n) is 14.2. The molecule has 26 heavy (non-hydrogen) atoms. The van der Waals surface area contributed by atoms with Crippen LogP contribution in [0.5, 0.6) is 0 Å². The van der Waals surface area contributed by atoms with Crippen molar-refractivity contribution in [3.05, 3.63) is 48.8 Å². The van der Waals surface area contributed by atoms with Gasteiger partial charge in [0.1, 0.15) is 0 Å². The summed E-state index contributed by atoms with van der Waals surface area (Å²) in [5, 5.41) is 9.04.